The highest BCUT2D eigenvalue weighted by Gasteiger charge is 2.28. The molecule has 8 heteroatoms. The Kier molecular flexibility index (Phi) is 4.02. The van der Waals surface area contributed by atoms with Crippen LogP contribution in [-0.2, 0) is 4.74 Å². The third-order valence-corrected chi connectivity index (χ3v) is 2.45. The first kappa shape index (κ1) is 14.0. The Bertz CT molecular complexity index is 611. The number of ether oxygens (including phenoxy) is 1. The minimum atomic E-state index is -2.98. The van der Waals surface area contributed by atoms with Crippen molar-refractivity contribution in [3.8, 4) is 5.69 Å². The zero-order chi connectivity index (χ0) is 14.7. The van der Waals surface area contributed by atoms with Gasteiger partial charge in [0.15, 0.2) is 5.69 Å². The topological polar surface area (TPSA) is 57.0 Å². The number of aromatic nitrogens is 3. The van der Waals surface area contributed by atoms with E-state index in [-0.39, 0.29) is 12.3 Å². The molecule has 2 rings (SSSR count). The van der Waals surface area contributed by atoms with Crippen molar-refractivity contribution >= 4 is 5.97 Å². The van der Waals surface area contributed by atoms with Crippen molar-refractivity contribution in [2.75, 3.05) is 6.61 Å². The monoisotopic (exact) mass is 285 g/mol. The quantitative estimate of drug-likeness (QED) is 0.810. The molecule has 0 saturated carbocycles. The van der Waals surface area contributed by atoms with Crippen LogP contribution in [0.15, 0.2) is 24.3 Å². The Labute approximate surface area is 112 Å². The lowest BCUT2D eigenvalue weighted by Gasteiger charge is -2.06. The van der Waals surface area contributed by atoms with Gasteiger partial charge < -0.3 is 4.74 Å². The summed E-state index contributed by atoms with van der Waals surface area (Å²) >= 11 is 0. The molecule has 0 unspecified atom stereocenters. The molecule has 0 bridgehead atoms. The van der Waals surface area contributed by atoms with Crippen molar-refractivity contribution in [3.05, 3.63) is 41.5 Å². The number of hydrogen-bond donors (Lipinski definition) is 0. The minimum absolute atomic E-state index is 0.0327. The molecule has 5 nitrogen and oxygen atoms in total. The van der Waals surface area contributed by atoms with Gasteiger partial charge in [-0.2, -0.15) is 0 Å². The number of benzene rings is 1. The van der Waals surface area contributed by atoms with E-state index in [0.29, 0.717) is 0 Å². The van der Waals surface area contributed by atoms with Gasteiger partial charge >= 0.3 is 5.97 Å². The van der Waals surface area contributed by atoms with Crippen LogP contribution in [0.2, 0.25) is 0 Å². The molecule has 1 heterocycles. The molecule has 1 aromatic heterocycles. The number of nitrogens with zero attached hydrogens (tertiary/aromatic N) is 3. The van der Waals surface area contributed by atoms with Crippen LogP contribution in [0.4, 0.5) is 13.2 Å². The number of carbonyl (C=O) groups is 1. The highest BCUT2D eigenvalue weighted by atomic mass is 19.3. The normalized spacial score (nSPS) is 10.8. The van der Waals surface area contributed by atoms with Crippen LogP contribution >= 0.6 is 0 Å². The highest BCUT2D eigenvalue weighted by molar-refractivity contribution is 5.88. The third kappa shape index (κ3) is 2.63. The molecule has 0 saturated heterocycles. The summed E-state index contributed by atoms with van der Waals surface area (Å²) in [7, 11) is 0. The van der Waals surface area contributed by atoms with Gasteiger partial charge in [-0.05, 0) is 31.2 Å². The van der Waals surface area contributed by atoms with E-state index >= 15 is 0 Å². The first-order chi connectivity index (χ1) is 9.54. The van der Waals surface area contributed by atoms with Gasteiger partial charge in [-0.25, -0.2) is 22.6 Å². The summed E-state index contributed by atoms with van der Waals surface area (Å²) in [5, 5.41) is 6.92. The van der Waals surface area contributed by atoms with Crippen molar-refractivity contribution in [1.82, 2.24) is 15.0 Å². The smallest absolute Gasteiger partial charge is 0.361 e. The van der Waals surface area contributed by atoms with Crippen LogP contribution in [0.3, 0.4) is 0 Å². The first-order valence-electron chi connectivity index (χ1n) is 5.71. The second-order valence-electron chi connectivity index (χ2n) is 3.73. The summed E-state index contributed by atoms with van der Waals surface area (Å²) in [4.78, 5) is 11.5. The number of hydrogen-bond acceptors (Lipinski definition) is 4. The van der Waals surface area contributed by atoms with Gasteiger partial charge in [0.25, 0.3) is 6.43 Å². The van der Waals surface area contributed by atoms with Gasteiger partial charge in [0.05, 0.1) is 12.3 Å². The van der Waals surface area contributed by atoms with Crippen LogP contribution in [0.1, 0.15) is 29.5 Å². The zero-order valence-electron chi connectivity index (χ0n) is 10.4. The molecular weight excluding hydrogens is 275 g/mol. The van der Waals surface area contributed by atoms with Crippen LogP contribution in [0.5, 0.6) is 0 Å². The van der Waals surface area contributed by atoms with E-state index in [1.165, 1.54) is 12.1 Å². The molecule has 0 aliphatic rings. The fourth-order valence-corrected chi connectivity index (χ4v) is 1.60. The van der Waals surface area contributed by atoms with Crippen LogP contribution in [-0.4, -0.2) is 27.6 Å². The number of alkyl halides is 2. The molecule has 106 valence electrons. The zero-order valence-corrected chi connectivity index (χ0v) is 10.4. The highest BCUT2D eigenvalue weighted by Crippen LogP contribution is 2.24. The minimum Gasteiger partial charge on any atom is -0.461 e. The van der Waals surface area contributed by atoms with Crippen LogP contribution in [0, 0.1) is 5.82 Å². The van der Waals surface area contributed by atoms with E-state index < -0.39 is 29.6 Å². The van der Waals surface area contributed by atoms with Crippen molar-refractivity contribution < 1.29 is 22.7 Å². The van der Waals surface area contributed by atoms with E-state index in [4.69, 9.17) is 0 Å². The lowest BCUT2D eigenvalue weighted by molar-refractivity contribution is 0.0507. The van der Waals surface area contributed by atoms with E-state index in [9.17, 15) is 18.0 Å². The molecule has 1 aromatic carbocycles. The molecule has 0 spiro atoms. The Morgan fingerprint density at radius 2 is 2.00 bits per heavy atom. The summed E-state index contributed by atoms with van der Waals surface area (Å²) in [5.41, 5.74) is -1.06. The van der Waals surface area contributed by atoms with E-state index in [0.717, 1.165) is 16.8 Å². The lowest BCUT2D eigenvalue weighted by Crippen LogP contribution is -2.10. The predicted molar refractivity (Wildman–Crippen MR) is 62.2 cm³/mol. The molecular formula is C12H10F3N3O2. The number of carbonyl (C=O) groups excluding carboxylic acids is 1. The van der Waals surface area contributed by atoms with Crippen LogP contribution < -0.4 is 0 Å². The van der Waals surface area contributed by atoms with E-state index in [1.54, 1.807) is 6.92 Å². The fourth-order valence-electron chi connectivity index (χ4n) is 1.60. The molecule has 0 atom stereocenters. The third-order valence-electron chi connectivity index (χ3n) is 2.45. The molecule has 0 fully saturated rings. The molecule has 0 amide bonds. The molecule has 2 aromatic rings. The average Bonchev–Trinajstić information content (AvgIpc) is 2.84. The molecule has 0 N–H and O–H groups in total. The largest absolute Gasteiger partial charge is 0.461 e. The maximum absolute atomic E-state index is 13.1. The number of esters is 1. The van der Waals surface area contributed by atoms with E-state index in [2.05, 4.69) is 15.0 Å². The lowest BCUT2D eigenvalue weighted by atomic mass is 10.2. The van der Waals surface area contributed by atoms with Gasteiger partial charge in [0, 0.05) is 0 Å². The average molecular weight is 285 g/mol. The second-order valence-corrected chi connectivity index (χ2v) is 3.73. The molecule has 0 radical (unpaired) electrons. The Morgan fingerprint density at radius 1 is 1.35 bits per heavy atom. The summed E-state index contributed by atoms with van der Waals surface area (Å²) in [6.45, 7) is 1.58. The van der Waals surface area contributed by atoms with Crippen molar-refractivity contribution in [2.45, 2.75) is 13.3 Å². The fraction of sp³-hybridized carbons (Fsp3) is 0.250. The summed E-state index contributed by atoms with van der Waals surface area (Å²) in [6, 6.07) is 4.70. The maximum atomic E-state index is 13.1. The van der Waals surface area contributed by atoms with Gasteiger partial charge in [-0.1, -0.05) is 5.21 Å². The van der Waals surface area contributed by atoms with E-state index in [1.807, 2.05) is 0 Å². The Hall–Kier alpha value is -2.38. The van der Waals surface area contributed by atoms with Crippen LogP contribution in [0.25, 0.3) is 5.69 Å². The van der Waals surface area contributed by atoms with Gasteiger partial charge in [0.2, 0.25) is 0 Å². The van der Waals surface area contributed by atoms with Gasteiger partial charge in [-0.15, -0.1) is 5.10 Å². The first-order valence-corrected chi connectivity index (χ1v) is 5.71. The van der Waals surface area contributed by atoms with Crippen molar-refractivity contribution in [3.63, 3.8) is 0 Å². The van der Waals surface area contributed by atoms with Gasteiger partial charge in [-0.3, -0.25) is 0 Å². The second kappa shape index (κ2) is 5.72. The van der Waals surface area contributed by atoms with Crippen molar-refractivity contribution in [2.24, 2.45) is 0 Å². The Morgan fingerprint density at radius 3 is 2.55 bits per heavy atom. The maximum Gasteiger partial charge on any atom is 0.361 e. The predicted octanol–water partition coefficient (Wildman–Crippen LogP) is 2.52. The van der Waals surface area contributed by atoms with Gasteiger partial charge in [0.1, 0.15) is 11.5 Å². The number of halogens is 3. The molecule has 0 aliphatic heterocycles. The summed E-state index contributed by atoms with van der Waals surface area (Å²) < 4.78 is 44.5. The SMILES string of the molecule is CCOC(=O)c1nnn(-c2ccc(F)cc2)c1C(F)F. The Balaban J connectivity index is 2.49. The van der Waals surface area contributed by atoms with Crippen molar-refractivity contribution in [1.29, 1.82) is 0 Å². The standard InChI is InChI=1S/C12H10F3N3O2/c1-2-20-12(19)9-10(11(14)15)18(17-16-9)8-5-3-7(13)4-6-8/h3-6,11H,2H2,1H3. The molecule has 0 aliphatic carbocycles. The summed E-state index contributed by atoms with van der Waals surface area (Å²) in [6.07, 6.45) is -2.98. The summed E-state index contributed by atoms with van der Waals surface area (Å²) in [5.74, 6) is -1.49. The number of rotatable bonds is 4. The molecule has 20 heavy (non-hydrogen) atoms.